The van der Waals surface area contributed by atoms with Crippen molar-refractivity contribution in [3.05, 3.63) is 59.9 Å². The van der Waals surface area contributed by atoms with Crippen molar-refractivity contribution in [2.45, 2.75) is 19.1 Å². The third kappa shape index (κ3) is 4.26. The maximum absolute atomic E-state index is 13.0. The summed E-state index contributed by atoms with van der Waals surface area (Å²) in [5.41, 5.74) is 1.63. The Morgan fingerprint density at radius 2 is 2.08 bits per heavy atom. The summed E-state index contributed by atoms with van der Waals surface area (Å²) < 4.78 is 18.8. The molecule has 2 aromatic rings. The molecule has 1 saturated heterocycles. The summed E-state index contributed by atoms with van der Waals surface area (Å²) in [5.74, 6) is -0.104. The first-order valence-electron chi connectivity index (χ1n) is 7.86. The fraction of sp³-hybridized carbons (Fsp3) is 0.353. The zero-order valence-electron chi connectivity index (χ0n) is 13.1. The number of amides is 2. The van der Waals surface area contributed by atoms with Crippen LogP contribution in [0.5, 0.6) is 0 Å². The zero-order valence-corrected chi connectivity index (χ0v) is 13.1. The molecule has 1 aromatic carbocycles. The summed E-state index contributed by atoms with van der Waals surface area (Å²) in [6.45, 7) is 1.45. The molecule has 0 saturated carbocycles. The molecule has 2 amide bonds. The van der Waals surface area contributed by atoms with Gasteiger partial charge in [0.15, 0.2) is 0 Å². The highest BCUT2D eigenvalue weighted by molar-refractivity contribution is 5.73. The highest BCUT2D eigenvalue weighted by Gasteiger charge is 2.29. The monoisotopic (exact) mass is 330 g/mol. The Labute approximate surface area is 139 Å². The van der Waals surface area contributed by atoms with E-state index in [2.05, 4.69) is 20.6 Å². The number of benzene rings is 1. The average molecular weight is 330 g/mol. The van der Waals surface area contributed by atoms with E-state index < -0.39 is 0 Å². The van der Waals surface area contributed by atoms with E-state index in [0.717, 1.165) is 12.0 Å². The van der Waals surface area contributed by atoms with Gasteiger partial charge in [0.2, 0.25) is 0 Å². The quantitative estimate of drug-likeness (QED) is 0.881. The Hall–Kier alpha value is -2.54. The molecule has 0 bridgehead atoms. The summed E-state index contributed by atoms with van der Waals surface area (Å²) in [4.78, 5) is 19.9. The molecule has 0 spiro atoms. The van der Waals surface area contributed by atoms with Crippen LogP contribution in [0.2, 0.25) is 0 Å². The number of nitrogens with one attached hydrogen (secondary N) is 2. The number of hydrogen-bond acceptors (Lipinski definition) is 4. The average Bonchev–Trinajstić information content (AvgIpc) is 3.08. The van der Waals surface area contributed by atoms with Gasteiger partial charge in [0.1, 0.15) is 5.82 Å². The Bertz CT molecular complexity index is 666. The summed E-state index contributed by atoms with van der Waals surface area (Å²) in [6, 6.07) is 6.05. The van der Waals surface area contributed by atoms with Gasteiger partial charge in [0.05, 0.1) is 24.5 Å². The number of ether oxygens (including phenoxy) is 1. The highest BCUT2D eigenvalue weighted by atomic mass is 19.1. The third-order valence-corrected chi connectivity index (χ3v) is 3.98. The second-order valence-corrected chi connectivity index (χ2v) is 5.65. The van der Waals surface area contributed by atoms with Crippen LogP contribution in [-0.4, -0.2) is 29.2 Å². The lowest BCUT2D eigenvalue weighted by molar-refractivity contribution is 0.0909. The smallest absolute Gasteiger partial charge is 0.315 e. The van der Waals surface area contributed by atoms with Crippen LogP contribution in [-0.2, 0) is 11.3 Å². The minimum Gasteiger partial charge on any atom is -0.373 e. The molecule has 7 heteroatoms. The normalized spacial score (nSPS) is 19.9. The Morgan fingerprint density at radius 1 is 1.25 bits per heavy atom. The topological polar surface area (TPSA) is 76.1 Å². The minimum atomic E-state index is -0.269. The molecule has 2 N–H and O–H groups in total. The molecule has 1 aliphatic heterocycles. The van der Waals surface area contributed by atoms with E-state index in [1.807, 2.05) is 0 Å². The van der Waals surface area contributed by atoms with E-state index in [9.17, 15) is 9.18 Å². The standard InChI is InChI=1S/C17H19FN4O2/c18-14-3-1-12(2-4-14)16-13(5-8-24-16)9-21-17(23)22-11-15-10-19-6-7-20-15/h1-4,6-7,10,13,16H,5,8-9,11H2,(H2,21,22,23)/t13-,16-/m0/s1. The van der Waals surface area contributed by atoms with Crippen molar-refractivity contribution < 1.29 is 13.9 Å². The van der Waals surface area contributed by atoms with Gasteiger partial charge in [-0.3, -0.25) is 9.97 Å². The lowest BCUT2D eigenvalue weighted by Crippen LogP contribution is -2.38. The summed E-state index contributed by atoms with van der Waals surface area (Å²) >= 11 is 0. The lowest BCUT2D eigenvalue weighted by atomic mass is 9.95. The van der Waals surface area contributed by atoms with E-state index in [1.54, 1.807) is 30.7 Å². The largest absolute Gasteiger partial charge is 0.373 e. The molecule has 2 heterocycles. The first-order valence-corrected chi connectivity index (χ1v) is 7.86. The molecule has 6 nitrogen and oxygen atoms in total. The fourth-order valence-corrected chi connectivity index (χ4v) is 2.74. The Morgan fingerprint density at radius 3 is 2.83 bits per heavy atom. The molecular formula is C17H19FN4O2. The van der Waals surface area contributed by atoms with E-state index in [0.29, 0.717) is 25.4 Å². The predicted molar refractivity (Wildman–Crippen MR) is 85.5 cm³/mol. The molecule has 2 atom stereocenters. The van der Waals surface area contributed by atoms with Crippen molar-refractivity contribution in [3.63, 3.8) is 0 Å². The van der Waals surface area contributed by atoms with Gasteiger partial charge in [-0.25, -0.2) is 9.18 Å². The predicted octanol–water partition coefficient (Wildman–Crippen LogP) is 2.19. The van der Waals surface area contributed by atoms with Gasteiger partial charge < -0.3 is 15.4 Å². The van der Waals surface area contributed by atoms with Gasteiger partial charge in [0, 0.05) is 31.5 Å². The van der Waals surface area contributed by atoms with Crippen molar-refractivity contribution in [3.8, 4) is 0 Å². The summed E-state index contributed by atoms with van der Waals surface area (Å²) in [6.07, 6.45) is 5.50. The first kappa shape index (κ1) is 16.3. The van der Waals surface area contributed by atoms with Gasteiger partial charge in [-0.15, -0.1) is 0 Å². The van der Waals surface area contributed by atoms with Crippen molar-refractivity contribution in [2.24, 2.45) is 5.92 Å². The van der Waals surface area contributed by atoms with Crippen LogP contribution in [0, 0.1) is 11.7 Å². The maximum Gasteiger partial charge on any atom is 0.315 e. The summed E-state index contributed by atoms with van der Waals surface area (Å²) in [5, 5.41) is 5.60. The number of aromatic nitrogens is 2. The molecular weight excluding hydrogens is 311 g/mol. The molecule has 126 valence electrons. The van der Waals surface area contributed by atoms with E-state index in [4.69, 9.17) is 4.74 Å². The van der Waals surface area contributed by atoms with Gasteiger partial charge in [-0.2, -0.15) is 0 Å². The third-order valence-electron chi connectivity index (χ3n) is 3.98. The zero-order chi connectivity index (χ0) is 16.8. The molecule has 1 aliphatic rings. The minimum absolute atomic E-state index is 0.120. The second-order valence-electron chi connectivity index (χ2n) is 5.65. The van der Waals surface area contributed by atoms with Crippen LogP contribution in [0.15, 0.2) is 42.9 Å². The van der Waals surface area contributed by atoms with Crippen LogP contribution >= 0.6 is 0 Å². The van der Waals surface area contributed by atoms with Gasteiger partial charge >= 0.3 is 6.03 Å². The van der Waals surface area contributed by atoms with Crippen LogP contribution in [0.3, 0.4) is 0 Å². The van der Waals surface area contributed by atoms with Crippen LogP contribution in [0.4, 0.5) is 9.18 Å². The number of hydrogen-bond donors (Lipinski definition) is 2. The highest BCUT2D eigenvalue weighted by Crippen LogP contribution is 2.34. The van der Waals surface area contributed by atoms with Crippen LogP contribution in [0.25, 0.3) is 0 Å². The number of halogens is 1. The van der Waals surface area contributed by atoms with Gasteiger partial charge in [0.25, 0.3) is 0 Å². The van der Waals surface area contributed by atoms with Crippen molar-refractivity contribution in [1.82, 2.24) is 20.6 Å². The van der Waals surface area contributed by atoms with E-state index in [-0.39, 0.29) is 23.9 Å². The molecule has 24 heavy (non-hydrogen) atoms. The van der Waals surface area contributed by atoms with E-state index >= 15 is 0 Å². The molecule has 0 aliphatic carbocycles. The SMILES string of the molecule is O=C(NCc1cnccn1)NC[C@@H]1CCO[C@H]1c1ccc(F)cc1. The molecule has 3 rings (SSSR count). The van der Waals surface area contributed by atoms with E-state index in [1.165, 1.54) is 12.1 Å². The summed E-state index contributed by atoms with van der Waals surface area (Å²) in [7, 11) is 0. The molecule has 0 unspecified atom stereocenters. The maximum atomic E-state index is 13.0. The lowest BCUT2D eigenvalue weighted by Gasteiger charge is -2.19. The Kier molecular flexibility index (Phi) is 5.32. The van der Waals surface area contributed by atoms with Gasteiger partial charge in [-0.1, -0.05) is 12.1 Å². The Balaban J connectivity index is 1.48. The number of carbonyl (C=O) groups is 1. The van der Waals surface area contributed by atoms with Crippen LogP contribution < -0.4 is 10.6 Å². The number of rotatable bonds is 5. The number of urea groups is 1. The molecule has 0 radical (unpaired) electrons. The number of carbonyl (C=O) groups excluding carboxylic acids is 1. The first-order chi connectivity index (χ1) is 11.7. The van der Waals surface area contributed by atoms with Crippen molar-refractivity contribution in [1.29, 1.82) is 0 Å². The molecule has 1 fully saturated rings. The van der Waals surface area contributed by atoms with Gasteiger partial charge in [-0.05, 0) is 24.1 Å². The second kappa shape index (κ2) is 7.83. The van der Waals surface area contributed by atoms with Crippen molar-refractivity contribution >= 4 is 6.03 Å². The molecule has 1 aromatic heterocycles. The fourth-order valence-electron chi connectivity index (χ4n) is 2.74. The van der Waals surface area contributed by atoms with Crippen molar-refractivity contribution in [2.75, 3.05) is 13.2 Å². The number of nitrogens with zero attached hydrogens (tertiary/aromatic N) is 2. The van der Waals surface area contributed by atoms with Crippen LogP contribution in [0.1, 0.15) is 23.8 Å².